The van der Waals surface area contributed by atoms with Gasteiger partial charge < -0.3 is 15.0 Å². The van der Waals surface area contributed by atoms with Gasteiger partial charge >= 0.3 is 0 Å². The highest BCUT2D eigenvalue weighted by atomic mass is 16.5. The largest absolute Gasteiger partial charge is 0.369 e. The van der Waals surface area contributed by atoms with Gasteiger partial charge in [0.25, 0.3) is 5.91 Å². The van der Waals surface area contributed by atoms with Crippen molar-refractivity contribution in [1.29, 1.82) is 0 Å². The zero-order valence-electron chi connectivity index (χ0n) is 16.4. The fourth-order valence-corrected chi connectivity index (χ4v) is 5.31. The first-order chi connectivity index (χ1) is 13.5. The minimum absolute atomic E-state index is 0.0763. The van der Waals surface area contributed by atoms with Crippen molar-refractivity contribution >= 4 is 11.7 Å². The Balaban J connectivity index is 1.30. The summed E-state index contributed by atoms with van der Waals surface area (Å²) in [5, 5.41) is 3.11. The third-order valence-corrected chi connectivity index (χ3v) is 6.60. The van der Waals surface area contributed by atoms with Gasteiger partial charge in [-0.25, -0.2) is 9.97 Å². The van der Waals surface area contributed by atoms with Gasteiger partial charge in [-0.2, -0.15) is 0 Å². The summed E-state index contributed by atoms with van der Waals surface area (Å²) in [6, 6.07) is 11.7. The molecule has 3 aliphatic rings. The highest BCUT2D eigenvalue weighted by Crippen LogP contribution is 2.55. The molecule has 6 heteroatoms. The Kier molecular flexibility index (Phi) is 4.12. The topological polar surface area (TPSA) is 67.4 Å². The molecule has 5 heterocycles. The molecule has 28 heavy (non-hydrogen) atoms. The van der Waals surface area contributed by atoms with Crippen LogP contribution in [0.25, 0.3) is 0 Å². The number of rotatable bonds is 4. The Morgan fingerprint density at radius 3 is 2.79 bits per heavy atom. The molecule has 0 saturated carbocycles. The predicted octanol–water partition coefficient (Wildman–Crippen LogP) is 2.51. The van der Waals surface area contributed by atoms with Crippen molar-refractivity contribution in [2.24, 2.45) is 11.8 Å². The molecular weight excluding hydrogens is 352 g/mol. The number of amides is 1. The third kappa shape index (κ3) is 2.87. The molecule has 1 N–H and O–H groups in total. The molecule has 146 valence electrons. The number of aromatic nitrogens is 2. The van der Waals surface area contributed by atoms with Crippen molar-refractivity contribution in [2.45, 2.75) is 38.4 Å². The third-order valence-electron chi connectivity index (χ3n) is 6.60. The maximum absolute atomic E-state index is 12.5. The number of hydrogen-bond donors (Lipinski definition) is 1. The van der Waals surface area contributed by atoms with Gasteiger partial charge in [-0.1, -0.05) is 12.1 Å². The van der Waals surface area contributed by atoms with Crippen LogP contribution in [0.2, 0.25) is 0 Å². The molecule has 0 unspecified atom stereocenters. The summed E-state index contributed by atoms with van der Waals surface area (Å²) in [5.41, 5.74) is 2.29. The lowest BCUT2D eigenvalue weighted by Gasteiger charge is -2.29. The summed E-state index contributed by atoms with van der Waals surface area (Å²) in [6.45, 7) is 6.40. The standard InChI is InChI=1S/C22H26N4O2/c1-14-5-3-7-18(24-14)21(27)23-11-16-17-12-26(20-8-4-6-15(2)25-20)13-22(17)10-9-19(16)28-22/h3-8,16-17,19H,9-13H2,1-2H3,(H,23,27)/t16-,17+,19+,22+/m0/s1. The summed E-state index contributed by atoms with van der Waals surface area (Å²) in [4.78, 5) is 23.9. The van der Waals surface area contributed by atoms with Crippen LogP contribution in [-0.4, -0.2) is 47.2 Å². The van der Waals surface area contributed by atoms with Gasteiger partial charge in [0.2, 0.25) is 0 Å². The van der Waals surface area contributed by atoms with Gasteiger partial charge in [-0.15, -0.1) is 0 Å². The van der Waals surface area contributed by atoms with Crippen LogP contribution < -0.4 is 10.2 Å². The van der Waals surface area contributed by atoms with E-state index in [1.165, 1.54) is 0 Å². The molecule has 3 fully saturated rings. The average molecular weight is 378 g/mol. The Bertz CT molecular complexity index is 917. The number of ether oxygens (including phenoxy) is 1. The Hall–Kier alpha value is -2.47. The van der Waals surface area contributed by atoms with Crippen molar-refractivity contribution in [1.82, 2.24) is 15.3 Å². The number of fused-ring (bicyclic) bond motifs is 1. The van der Waals surface area contributed by atoms with Crippen molar-refractivity contribution in [3.63, 3.8) is 0 Å². The molecule has 3 aliphatic heterocycles. The summed E-state index contributed by atoms with van der Waals surface area (Å²) in [6.07, 6.45) is 2.44. The quantitative estimate of drug-likeness (QED) is 0.885. The van der Waals surface area contributed by atoms with E-state index in [2.05, 4.69) is 27.3 Å². The van der Waals surface area contributed by atoms with Crippen LogP contribution in [0.4, 0.5) is 5.82 Å². The highest BCUT2D eigenvalue weighted by molar-refractivity contribution is 5.92. The Morgan fingerprint density at radius 1 is 1.21 bits per heavy atom. The Morgan fingerprint density at radius 2 is 2.00 bits per heavy atom. The van der Waals surface area contributed by atoms with E-state index in [1.54, 1.807) is 6.07 Å². The van der Waals surface area contributed by atoms with Crippen LogP contribution in [-0.2, 0) is 4.74 Å². The second-order valence-electron chi connectivity index (χ2n) is 8.42. The second-order valence-corrected chi connectivity index (χ2v) is 8.42. The van der Waals surface area contributed by atoms with Crippen LogP contribution in [0, 0.1) is 25.7 Å². The summed E-state index contributed by atoms with van der Waals surface area (Å²) < 4.78 is 6.50. The fraction of sp³-hybridized carbons (Fsp3) is 0.500. The van der Waals surface area contributed by atoms with Crippen molar-refractivity contribution < 1.29 is 9.53 Å². The number of carbonyl (C=O) groups excluding carboxylic acids is 1. The minimum Gasteiger partial charge on any atom is -0.369 e. The maximum atomic E-state index is 12.5. The number of pyridine rings is 2. The lowest BCUT2D eigenvalue weighted by atomic mass is 9.73. The average Bonchev–Trinajstić information content (AvgIpc) is 3.34. The first-order valence-electron chi connectivity index (χ1n) is 10.1. The molecule has 1 spiro atoms. The van der Waals surface area contributed by atoms with Crippen LogP contribution >= 0.6 is 0 Å². The zero-order valence-corrected chi connectivity index (χ0v) is 16.4. The fourth-order valence-electron chi connectivity index (χ4n) is 5.31. The second kappa shape index (κ2) is 6.55. The number of anilines is 1. The zero-order chi connectivity index (χ0) is 19.3. The molecule has 6 nitrogen and oxygen atoms in total. The summed E-state index contributed by atoms with van der Waals surface area (Å²) in [5.74, 6) is 1.70. The Labute approximate surface area is 165 Å². The van der Waals surface area contributed by atoms with Crippen molar-refractivity contribution in [3.05, 3.63) is 53.5 Å². The molecule has 3 saturated heterocycles. The van der Waals surface area contributed by atoms with Gasteiger partial charge in [0.1, 0.15) is 11.5 Å². The summed E-state index contributed by atoms with van der Waals surface area (Å²) in [7, 11) is 0. The van der Waals surface area contributed by atoms with Crippen LogP contribution in [0.3, 0.4) is 0 Å². The van der Waals surface area contributed by atoms with Crippen molar-refractivity contribution in [2.75, 3.05) is 24.5 Å². The van der Waals surface area contributed by atoms with Crippen LogP contribution in [0.5, 0.6) is 0 Å². The first-order valence-corrected chi connectivity index (χ1v) is 10.1. The minimum atomic E-state index is -0.101. The van der Waals surface area contributed by atoms with E-state index in [1.807, 2.05) is 32.0 Å². The van der Waals surface area contributed by atoms with E-state index in [0.717, 1.165) is 43.1 Å². The molecule has 0 aliphatic carbocycles. The number of nitrogens with zero attached hydrogens (tertiary/aromatic N) is 3. The predicted molar refractivity (Wildman–Crippen MR) is 106 cm³/mol. The van der Waals surface area contributed by atoms with Crippen LogP contribution in [0.15, 0.2) is 36.4 Å². The van der Waals surface area contributed by atoms with Crippen molar-refractivity contribution in [3.8, 4) is 0 Å². The number of nitrogens with one attached hydrogen (secondary N) is 1. The van der Waals surface area contributed by atoms with E-state index in [4.69, 9.17) is 9.72 Å². The maximum Gasteiger partial charge on any atom is 0.269 e. The molecule has 1 amide bonds. The molecule has 0 aromatic carbocycles. The molecule has 2 bridgehead atoms. The molecule has 2 aromatic rings. The summed E-state index contributed by atoms with van der Waals surface area (Å²) >= 11 is 0. The van der Waals surface area contributed by atoms with Crippen LogP contribution in [0.1, 0.15) is 34.7 Å². The van der Waals surface area contributed by atoms with Gasteiger partial charge in [-0.05, 0) is 51.0 Å². The molecule has 5 rings (SSSR count). The molecular formula is C22H26N4O2. The molecule has 2 aromatic heterocycles. The number of carbonyl (C=O) groups is 1. The lowest BCUT2D eigenvalue weighted by molar-refractivity contribution is 0.0141. The molecule has 0 radical (unpaired) electrons. The monoisotopic (exact) mass is 378 g/mol. The van der Waals surface area contributed by atoms with Gasteiger partial charge in [0.15, 0.2) is 0 Å². The highest BCUT2D eigenvalue weighted by Gasteiger charge is 2.63. The van der Waals surface area contributed by atoms with E-state index < -0.39 is 0 Å². The normalized spacial score (nSPS) is 30.5. The first kappa shape index (κ1) is 17.6. The number of aryl methyl sites for hydroxylation is 2. The van der Waals surface area contributed by atoms with E-state index in [0.29, 0.717) is 24.1 Å². The SMILES string of the molecule is Cc1cccc(C(=O)NC[C@H]2[C@H]3CN(c4cccc(C)n4)C[C@]34CC[C@H]2O4)n1. The van der Waals surface area contributed by atoms with E-state index in [9.17, 15) is 4.79 Å². The van der Waals surface area contributed by atoms with Gasteiger partial charge in [-0.3, -0.25) is 4.79 Å². The number of hydrogen-bond acceptors (Lipinski definition) is 5. The van der Waals surface area contributed by atoms with E-state index in [-0.39, 0.29) is 17.6 Å². The lowest BCUT2D eigenvalue weighted by Crippen LogP contribution is -2.42. The van der Waals surface area contributed by atoms with E-state index >= 15 is 0 Å². The molecule has 4 atom stereocenters. The van der Waals surface area contributed by atoms with Gasteiger partial charge in [0.05, 0.1) is 11.7 Å². The van der Waals surface area contributed by atoms with Gasteiger partial charge in [0, 0.05) is 42.9 Å². The smallest absolute Gasteiger partial charge is 0.269 e.